The molecule has 0 heteroatoms. The summed E-state index contributed by atoms with van der Waals surface area (Å²) in [5, 5.41) is 26.4. The SMILES string of the molecule is c1ccc2c(c1)c1ccccc1c1c3ccc4c5c6ccccc6c6ccccc6c5c5ccccc5c4c3c3ccccc3c21. The minimum absolute atomic E-state index is 1.31. The normalized spacial score (nSPS) is 12.3. The van der Waals surface area contributed by atoms with E-state index in [9.17, 15) is 0 Å². The zero-order valence-corrected chi connectivity index (χ0v) is 25.0. The Morgan fingerprint density at radius 1 is 0.130 bits per heavy atom. The lowest BCUT2D eigenvalue weighted by molar-refractivity contribution is 1.78. The Labute approximate surface area is 264 Å². The lowest BCUT2D eigenvalue weighted by Crippen LogP contribution is -1.92. The lowest BCUT2D eigenvalue weighted by Gasteiger charge is -2.20. The van der Waals surface area contributed by atoms with Crippen molar-refractivity contribution < 1.29 is 0 Å². The largest absolute Gasteiger partial charge is 0.0616 e. The average Bonchev–Trinajstić information content (AvgIpc) is 3.14. The van der Waals surface area contributed by atoms with Gasteiger partial charge in [-0.2, -0.15) is 0 Å². The van der Waals surface area contributed by atoms with Crippen LogP contribution in [0.5, 0.6) is 0 Å². The van der Waals surface area contributed by atoms with Gasteiger partial charge < -0.3 is 0 Å². The molecule has 0 unspecified atom stereocenters. The minimum Gasteiger partial charge on any atom is -0.0616 e. The van der Waals surface area contributed by atoms with Crippen LogP contribution in [-0.2, 0) is 0 Å². The zero-order valence-electron chi connectivity index (χ0n) is 25.0. The molecule has 11 aromatic carbocycles. The molecule has 0 N–H and O–H groups in total. The van der Waals surface area contributed by atoms with Gasteiger partial charge in [0.15, 0.2) is 0 Å². The molecular weight excluding hydrogens is 553 g/mol. The highest BCUT2D eigenvalue weighted by Gasteiger charge is 2.21. The predicted molar refractivity (Wildman–Crippen MR) is 202 cm³/mol. The quantitative estimate of drug-likeness (QED) is 0.157. The van der Waals surface area contributed by atoms with Gasteiger partial charge in [-0.15, -0.1) is 0 Å². The van der Waals surface area contributed by atoms with Crippen LogP contribution in [-0.4, -0.2) is 0 Å². The van der Waals surface area contributed by atoms with Crippen LogP contribution >= 0.6 is 0 Å². The third kappa shape index (κ3) is 2.94. The summed E-state index contributed by atoms with van der Waals surface area (Å²) in [4.78, 5) is 0. The van der Waals surface area contributed by atoms with Gasteiger partial charge in [0.1, 0.15) is 0 Å². The molecule has 0 saturated carbocycles. The first-order valence-electron chi connectivity index (χ1n) is 16.1. The highest BCUT2D eigenvalue weighted by Crippen LogP contribution is 2.50. The summed E-state index contributed by atoms with van der Waals surface area (Å²) in [6.45, 7) is 0. The van der Waals surface area contributed by atoms with Gasteiger partial charge in [0.2, 0.25) is 0 Å². The van der Waals surface area contributed by atoms with Crippen LogP contribution in [0.15, 0.2) is 158 Å². The maximum Gasteiger partial charge on any atom is -0.00137 e. The molecule has 0 aliphatic carbocycles. The van der Waals surface area contributed by atoms with Crippen molar-refractivity contribution in [3.05, 3.63) is 158 Å². The maximum absolute atomic E-state index is 2.42. The number of benzene rings is 11. The smallest absolute Gasteiger partial charge is 0.00137 e. The fraction of sp³-hybridized carbons (Fsp3) is 0. The molecule has 0 fully saturated rings. The molecule has 46 heavy (non-hydrogen) atoms. The monoisotopic (exact) mass is 578 g/mol. The summed E-state index contributed by atoms with van der Waals surface area (Å²) in [5.41, 5.74) is 0. The maximum atomic E-state index is 2.42. The molecule has 0 spiro atoms. The summed E-state index contributed by atoms with van der Waals surface area (Å²) in [6, 6.07) is 58.9. The van der Waals surface area contributed by atoms with Gasteiger partial charge in [-0.3, -0.25) is 0 Å². The summed E-state index contributed by atoms with van der Waals surface area (Å²) >= 11 is 0. The highest BCUT2D eigenvalue weighted by atomic mass is 14.2. The van der Waals surface area contributed by atoms with E-state index in [1.807, 2.05) is 0 Å². The molecule has 0 aliphatic heterocycles. The van der Waals surface area contributed by atoms with E-state index in [2.05, 4.69) is 158 Å². The van der Waals surface area contributed by atoms with Crippen LogP contribution in [0, 0.1) is 0 Å². The number of rotatable bonds is 0. The molecule has 0 aromatic heterocycles. The van der Waals surface area contributed by atoms with Crippen molar-refractivity contribution >= 4 is 108 Å². The molecule has 11 rings (SSSR count). The first-order valence-corrected chi connectivity index (χ1v) is 16.1. The molecule has 0 nitrogen and oxygen atoms in total. The third-order valence-corrected chi connectivity index (χ3v) is 10.5. The van der Waals surface area contributed by atoms with Gasteiger partial charge in [0.05, 0.1) is 0 Å². The van der Waals surface area contributed by atoms with Gasteiger partial charge in [-0.1, -0.05) is 158 Å². The van der Waals surface area contributed by atoms with Gasteiger partial charge >= 0.3 is 0 Å². The summed E-state index contributed by atoms with van der Waals surface area (Å²) in [6.07, 6.45) is 0. The van der Waals surface area contributed by atoms with E-state index in [4.69, 9.17) is 0 Å². The lowest BCUT2D eigenvalue weighted by atomic mass is 9.82. The van der Waals surface area contributed by atoms with Crippen LogP contribution in [0.2, 0.25) is 0 Å². The van der Waals surface area contributed by atoms with Crippen LogP contribution in [0.4, 0.5) is 0 Å². The van der Waals surface area contributed by atoms with E-state index in [1.165, 1.54) is 108 Å². The second-order valence-corrected chi connectivity index (χ2v) is 12.7. The molecule has 0 aliphatic rings. The van der Waals surface area contributed by atoms with Gasteiger partial charge in [0, 0.05) is 0 Å². The van der Waals surface area contributed by atoms with E-state index in [0.29, 0.717) is 0 Å². The minimum atomic E-state index is 1.31. The fourth-order valence-electron chi connectivity index (χ4n) is 8.82. The van der Waals surface area contributed by atoms with E-state index >= 15 is 0 Å². The van der Waals surface area contributed by atoms with Crippen molar-refractivity contribution in [2.75, 3.05) is 0 Å². The van der Waals surface area contributed by atoms with Crippen LogP contribution < -0.4 is 0 Å². The Hall–Kier alpha value is -5.98. The van der Waals surface area contributed by atoms with Gasteiger partial charge in [0.25, 0.3) is 0 Å². The van der Waals surface area contributed by atoms with Crippen molar-refractivity contribution in [2.24, 2.45) is 0 Å². The second-order valence-electron chi connectivity index (χ2n) is 12.7. The van der Waals surface area contributed by atoms with Crippen LogP contribution in [0.25, 0.3) is 108 Å². The van der Waals surface area contributed by atoms with E-state index < -0.39 is 0 Å². The number of fused-ring (bicyclic) bond motifs is 23. The van der Waals surface area contributed by atoms with Crippen molar-refractivity contribution in [1.82, 2.24) is 0 Å². The summed E-state index contributed by atoms with van der Waals surface area (Å²) in [7, 11) is 0. The fourth-order valence-corrected chi connectivity index (χ4v) is 8.82. The predicted octanol–water partition coefficient (Wildman–Crippen LogP) is 13.2. The highest BCUT2D eigenvalue weighted by molar-refractivity contribution is 6.47. The number of hydrogen-bond donors (Lipinski definition) is 0. The average molecular weight is 579 g/mol. The van der Waals surface area contributed by atoms with Crippen molar-refractivity contribution in [2.45, 2.75) is 0 Å². The Morgan fingerprint density at radius 2 is 0.283 bits per heavy atom. The standard InChI is InChI=1S/C46H26/c1-5-17-31-27(13-1)29-15-3-7-19-33(29)43-39-25-26-40-44-34-20-8-4-16-30(34)28-14-2-6-18-32(28)42(44)36-22-10-12-24-38(36)46(40)45(39)37-23-11-9-21-35(37)41(31)43/h1-26H. The molecule has 11 aromatic rings. The first kappa shape index (κ1) is 24.4. The first-order chi connectivity index (χ1) is 22.9. The number of hydrogen-bond acceptors (Lipinski definition) is 0. The second kappa shape index (κ2) is 8.81. The Morgan fingerprint density at radius 3 is 0.500 bits per heavy atom. The molecule has 0 saturated heterocycles. The summed E-state index contributed by atoms with van der Waals surface area (Å²) < 4.78 is 0. The van der Waals surface area contributed by atoms with Gasteiger partial charge in [-0.05, 0) is 108 Å². The van der Waals surface area contributed by atoms with E-state index in [0.717, 1.165) is 0 Å². The Balaban J connectivity index is 1.53. The molecule has 0 heterocycles. The molecular formula is C46H26. The van der Waals surface area contributed by atoms with Crippen molar-refractivity contribution in [1.29, 1.82) is 0 Å². The van der Waals surface area contributed by atoms with Crippen molar-refractivity contribution in [3.63, 3.8) is 0 Å². The summed E-state index contributed by atoms with van der Waals surface area (Å²) in [5.74, 6) is 0. The Kier molecular flexibility index (Phi) is 4.66. The van der Waals surface area contributed by atoms with E-state index in [1.54, 1.807) is 0 Å². The Bertz CT molecular complexity index is 2910. The molecule has 0 atom stereocenters. The molecule has 0 radical (unpaired) electrons. The third-order valence-electron chi connectivity index (χ3n) is 10.5. The van der Waals surface area contributed by atoms with Crippen molar-refractivity contribution in [3.8, 4) is 0 Å². The zero-order chi connectivity index (χ0) is 29.9. The molecule has 0 amide bonds. The van der Waals surface area contributed by atoms with Gasteiger partial charge in [-0.25, -0.2) is 0 Å². The van der Waals surface area contributed by atoms with Crippen LogP contribution in [0.3, 0.4) is 0 Å². The molecule has 210 valence electrons. The topological polar surface area (TPSA) is 0 Å². The molecule has 0 bridgehead atoms. The van der Waals surface area contributed by atoms with E-state index in [-0.39, 0.29) is 0 Å². The van der Waals surface area contributed by atoms with Crippen LogP contribution in [0.1, 0.15) is 0 Å².